The highest BCUT2D eigenvalue weighted by Crippen LogP contribution is 2.18. The molecular weight excluding hydrogens is 249 g/mol. The molecule has 5 nitrogen and oxygen atoms in total. The van der Waals surface area contributed by atoms with Gasteiger partial charge in [-0.15, -0.1) is 0 Å². The summed E-state index contributed by atoms with van der Waals surface area (Å²) in [6, 6.07) is 2.74. The number of anilines is 1. The lowest BCUT2D eigenvalue weighted by molar-refractivity contribution is 0.0467. The summed E-state index contributed by atoms with van der Waals surface area (Å²) in [5, 5.41) is 3.94. The monoisotopic (exact) mass is 263 g/mol. The molecule has 0 aliphatic carbocycles. The van der Waals surface area contributed by atoms with Crippen molar-refractivity contribution in [2.24, 2.45) is 7.05 Å². The highest BCUT2D eigenvalue weighted by molar-refractivity contribution is 5.91. The summed E-state index contributed by atoms with van der Waals surface area (Å²) < 4.78 is 20.4. The Morgan fingerprint density at radius 1 is 1.53 bits per heavy atom. The van der Waals surface area contributed by atoms with Crippen LogP contribution in [-0.4, -0.2) is 15.7 Å². The van der Waals surface area contributed by atoms with E-state index in [0.717, 1.165) is 5.56 Å². The van der Waals surface area contributed by atoms with Gasteiger partial charge < -0.3 is 10.5 Å². The predicted octanol–water partition coefficient (Wildman–Crippen LogP) is 1.81. The molecule has 2 N–H and O–H groups in total. The number of aryl methyl sites for hydroxylation is 2. The van der Waals surface area contributed by atoms with E-state index in [0.29, 0.717) is 11.3 Å². The van der Waals surface area contributed by atoms with Crippen LogP contribution in [-0.2, 0) is 18.4 Å². The van der Waals surface area contributed by atoms with Crippen molar-refractivity contribution in [2.45, 2.75) is 13.5 Å². The molecule has 0 saturated carbocycles. The number of nitrogens with zero attached hydrogens (tertiary/aromatic N) is 2. The van der Waals surface area contributed by atoms with Gasteiger partial charge in [-0.25, -0.2) is 9.18 Å². The average molecular weight is 263 g/mol. The Balaban J connectivity index is 2.12. The molecule has 100 valence electrons. The molecule has 0 unspecified atom stereocenters. The Hall–Kier alpha value is -2.37. The molecule has 0 amide bonds. The molecule has 1 heterocycles. The summed E-state index contributed by atoms with van der Waals surface area (Å²) in [4.78, 5) is 11.8. The lowest BCUT2D eigenvalue weighted by Gasteiger charge is -2.07. The van der Waals surface area contributed by atoms with E-state index in [4.69, 9.17) is 10.5 Å². The number of esters is 1. The van der Waals surface area contributed by atoms with Crippen LogP contribution in [0, 0.1) is 12.7 Å². The topological polar surface area (TPSA) is 70.1 Å². The van der Waals surface area contributed by atoms with E-state index in [1.54, 1.807) is 31.0 Å². The summed E-state index contributed by atoms with van der Waals surface area (Å²) in [6.07, 6.45) is 3.29. The van der Waals surface area contributed by atoms with Gasteiger partial charge in [0.1, 0.15) is 12.4 Å². The van der Waals surface area contributed by atoms with Gasteiger partial charge in [-0.05, 0) is 24.6 Å². The highest BCUT2D eigenvalue weighted by atomic mass is 19.1. The van der Waals surface area contributed by atoms with Crippen LogP contribution in [0.2, 0.25) is 0 Å². The first-order valence-corrected chi connectivity index (χ1v) is 5.67. The lowest BCUT2D eigenvalue weighted by Crippen LogP contribution is -2.09. The van der Waals surface area contributed by atoms with Crippen molar-refractivity contribution < 1.29 is 13.9 Å². The Morgan fingerprint density at radius 3 is 2.89 bits per heavy atom. The number of hydrogen-bond acceptors (Lipinski definition) is 4. The van der Waals surface area contributed by atoms with Crippen LogP contribution in [0.1, 0.15) is 21.5 Å². The summed E-state index contributed by atoms with van der Waals surface area (Å²) in [6.45, 7) is 1.59. The van der Waals surface area contributed by atoms with Gasteiger partial charge in [0, 0.05) is 24.5 Å². The van der Waals surface area contributed by atoms with E-state index in [-0.39, 0.29) is 12.2 Å². The fraction of sp³-hybridized carbons (Fsp3) is 0.231. The van der Waals surface area contributed by atoms with Gasteiger partial charge in [-0.2, -0.15) is 5.10 Å². The third-order valence-electron chi connectivity index (χ3n) is 2.63. The minimum Gasteiger partial charge on any atom is -0.457 e. The molecule has 0 saturated heterocycles. The van der Waals surface area contributed by atoms with Gasteiger partial charge in [-0.1, -0.05) is 0 Å². The Labute approximate surface area is 109 Å². The molecule has 19 heavy (non-hydrogen) atoms. The maximum Gasteiger partial charge on any atom is 0.341 e. The molecule has 0 spiro atoms. The van der Waals surface area contributed by atoms with E-state index >= 15 is 0 Å². The number of nitrogens with two attached hydrogens (primary N) is 1. The van der Waals surface area contributed by atoms with Gasteiger partial charge in [0.05, 0.1) is 11.8 Å². The van der Waals surface area contributed by atoms with Crippen molar-refractivity contribution in [3.63, 3.8) is 0 Å². The zero-order valence-electron chi connectivity index (χ0n) is 10.7. The number of nitrogen functional groups attached to an aromatic ring is 1. The van der Waals surface area contributed by atoms with E-state index in [9.17, 15) is 9.18 Å². The Bertz CT molecular complexity index is 622. The van der Waals surface area contributed by atoms with Crippen molar-refractivity contribution in [3.05, 3.63) is 47.0 Å². The molecule has 0 atom stereocenters. The number of carbonyl (C=O) groups excluding carboxylic acids is 1. The summed E-state index contributed by atoms with van der Waals surface area (Å²) >= 11 is 0. The fourth-order valence-corrected chi connectivity index (χ4v) is 1.72. The molecule has 6 heteroatoms. The average Bonchev–Trinajstić information content (AvgIpc) is 2.76. The molecular formula is C13H14FN3O2. The molecule has 0 aliphatic heterocycles. The molecule has 0 fully saturated rings. The van der Waals surface area contributed by atoms with Crippen molar-refractivity contribution in [1.82, 2.24) is 9.78 Å². The molecule has 0 bridgehead atoms. The minimum absolute atomic E-state index is 0.0416. The van der Waals surface area contributed by atoms with Crippen LogP contribution in [0.4, 0.5) is 10.1 Å². The summed E-state index contributed by atoms with van der Waals surface area (Å²) in [5.74, 6) is -1.35. The van der Waals surface area contributed by atoms with E-state index in [1.165, 1.54) is 12.1 Å². The SMILES string of the molecule is Cc1cc(N)cc(C(=O)OCc2cnn(C)c2)c1F. The number of aromatic nitrogens is 2. The second-order valence-electron chi connectivity index (χ2n) is 4.30. The highest BCUT2D eigenvalue weighted by Gasteiger charge is 2.16. The van der Waals surface area contributed by atoms with Crippen molar-refractivity contribution in [3.8, 4) is 0 Å². The maximum atomic E-state index is 13.8. The molecule has 2 aromatic rings. The van der Waals surface area contributed by atoms with Crippen molar-refractivity contribution >= 4 is 11.7 Å². The van der Waals surface area contributed by atoms with Crippen LogP contribution in [0.15, 0.2) is 24.5 Å². The normalized spacial score (nSPS) is 10.5. The maximum absolute atomic E-state index is 13.8. The lowest BCUT2D eigenvalue weighted by atomic mass is 10.1. The van der Waals surface area contributed by atoms with E-state index < -0.39 is 11.8 Å². The minimum atomic E-state index is -0.739. The van der Waals surface area contributed by atoms with Crippen LogP contribution < -0.4 is 5.73 Å². The second kappa shape index (κ2) is 5.09. The summed E-state index contributed by atoms with van der Waals surface area (Å²) in [7, 11) is 1.76. The summed E-state index contributed by atoms with van der Waals surface area (Å²) in [5.41, 5.74) is 6.81. The molecule has 0 radical (unpaired) electrons. The van der Waals surface area contributed by atoms with Gasteiger partial charge in [-0.3, -0.25) is 4.68 Å². The third-order valence-corrected chi connectivity index (χ3v) is 2.63. The van der Waals surface area contributed by atoms with E-state index in [1.807, 2.05) is 0 Å². The first-order chi connectivity index (χ1) is 8.97. The van der Waals surface area contributed by atoms with Crippen molar-refractivity contribution in [1.29, 1.82) is 0 Å². The number of hydrogen-bond donors (Lipinski definition) is 1. The predicted molar refractivity (Wildman–Crippen MR) is 67.9 cm³/mol. The molecule has 1 aromatic heterocycles. The van der Waals surface area contributed by atoms with Gasteiger partial charge >= 0.3 is 5.97 Å². The zero-order valence-corrected chi connectivity index (χ0v) is 10.7. The Kier molecular flexibility index (Phi) is 3.50. The van der Waals surface area contributed by atoms with Gasteiger partial charge in [0.15, 0.2) is 0 Å². The van der Waals surface area contributed by atoms with Crippen LogP contribution in [0.25, 0.3) is 0 Å². The van der Waals surface area contributed by atoms with Gasteiger partial charge in [0.25, 0.3) is 0 Å². The number of carbonyl (C=O) groups is 1. The van der Waals surface area contributed by atoms with Crippen molar-refractivity contribution in [2.75, 3.05) is 5.73 Å². The first-order valence-electron chi connectivity index (χ1n) is 5.67. The largest absolute Gasteiger partial charge is 0.457 e. The molecule has 1 aromatic carbocycles. The third kappa shape index (κ3) is 2.90. The number of rotatable bonds is 3. The second-order valence-corrected chi connectivity index (χ2v) is 4.30. The van der Waals surface area contributed by atoms with E-state index in [2.05, 4.69) is 5.10 Å². The fourth-order valence-electron chi connectivity index (χ4n) is 1.72. The number of ether oxygens (including phenoxy) is 1. The zero-order chi connectivity index (χ0) is 14.0. The van der Waals surface area contributed by atoms with Crippen LogP contribution >= 0.6 is 0 Å². The Morgan fingerprint density at radius 2 is 2.26 bits per heavy atom. The van der Waals surface area contributed by atoms with Crippen LogP contribution in [0.3, 0.4) is 0 Å². The molecule has 0 aliphatic rings. The number of halogens is 1. The molecule has 2 rings (SSSR count). The first kappa shape index (κ1) is 13.1. The smallest absolute Gasteiger partial charge is 0.341 e. The van der Waals surface area contributed by atoms with Crippen LogP contribution in [0.5, 0.6) is 0 Å². The standard InChI is InChI=1S/C13H14FN3O2/c1-8-3-10(15)4-11(12(8)14)13(18)19-7-9-5-16-17(2)6-9/h3-6H,7,15H2,1-2H3. The quantitative estimate of drug-likeness (QED) is 0.677. The number of benzene rings is 1. The van der Waals surface area contributed by atoms with Gasteiger partial charge in [0.2, 0.25) is 0 Å².